The highest BCUT2D eigenvalue weighted by Gasteiger charge is 2.22. The molecule has 0 atom stereocenters. The first-order chi connectivity index (χ1) is 15.8. The predicted octanol–water partition coefficient (Wildman–Crippen LogP) is 4.00. The Labute approximate surface area is 185 Å². The Morgan fingerprint density at radius 2 is 1.66 bits per heavy atom. The van der Waals surface area contributed by atoms with Gasteiger partial charge < -0.3 is 10.1 Å². The Hall–Kier alpha value is -4.17. The number of anilines is 1. The number of benzene rings is 1. The first-order valence-corrected chi connectivity index (χ1v) is 10.3. The summed E-state index contributed by atoms with van der Waals surface area (Å²) in [5, 5.41) is 9.13. The lowest BCUT2D eigenvalue weighted by Gasteiger charge is -2.10. The molecule has 4 aromatic heterocycles. The molecule has 0 radical (unpaired) electrons. The quantitative estimate of drug-likeness (QED) is 0.396. The maximum Gasteiger partial charge on any atom is 0.182 e. The number of hydrogen-bond acceptors (Lipinski definition) is 7. The van der Waals surface area contributed by atoms with Crippen LogP contribution in [0.3, 0.4) is 0 Å². The highest BCUT2D eigenvalue weighted by atomic mass is 16.5. The number of aromatic nitrogens is 6. The molecule has 5 rings (SSSR count). The molecular weight excluding hydrogens is 402 g/mol. The molecule has 158 valence electrons. The number of nitrogens with one attached hydrogen (secondary N) is 1. The van der Waals surface area contributed by atoms with Crippen LogP contribution in [0.4, 0.5) is 5.82 Å². The minimum Gasteiger partial charge on any atom is -0.383 e. The van der Waals surface area contributed by atoms with Gasteiger partial charge in [-0.05, 0) is 24.3 Å². The molecule has 0 aliphatic rings. The van der Waals surface area contributed by atoms with Crippen LogP contribution in [0.5, 0.6) is 0 Å². The van der Waals surface area contributed by atoms with E-state index in [0.29, 0.717) is 42.0 Å². The zero-order valence-corrected chi connectivity index (χ0v) is 17.5. The minimum absolute atomic E-state index is 0.509. The van der Waals surface area contributed by atoms with Gasteiger partial charge in [0.15, 0.2) is 17.3 Å². The van der Waals surface area contributed by atoms with Crippen molar-refractivity contribution in [3.05, 3.63) is 79.1 Å². The number of fused-ring (bicyclic) bond motifs is 1. The molecule has 0 aliphatic heterocycles. The number of methoxy groups -OCH3 is 1. The lowest BCUT2D eigenvalue weighted by Crippen LogP contribution is -2.10. The van der Waals surface area contributed by atoms with Crippen molar-refractivity contribution in [3.63, 3.8) is 0 Å². The molecule has 0 saturated heterocycles. The van der Waals surface area contributed by atoms with Gasteiger partial charge in [-0.15, -0.1) is 0 Å². The number of rotatable bonds is 7. The van der Waals surface area contributed by atoms with Gasteiger partial charge in [-0.1, -0.05) is 42.5 Å². The zero-order chi connectivity index (χ0) is 21.8. The molecule has 0 bridgehead atoms. The van der Waals surface area contributed by atoms with E-state index in [1.807, 2.05) is 66.7 Å². The summed E-state index contributed by atoms with van der Waals surface area (Å²) in [7, 11) is 1.67. The first-order valence-electron chi connectivity index (χ1n) is 10.3. The number of pyridine rings is 2. The molecule has 0 unspecified atom stereocenters. The van der Waals surface area contributed by atoms with Crippen molar-refractivity contribution in [1.82, 2.24) is 29.7 Å². The lowest BCUT2D eigenvalue weighted by molar-refractivity contribution is 0.210. The molecule has 8 nitrogen and oxygen atoms in total. The highest BCUT2D eigenvalue weighted by Crippen LogP contribution is 2.34. The van der Waals surface area contributed by atoms with E-state index in [1.165, 1.54) is 0 Å². The average molecular weight is 423 g/mol. The second-order valence-corrected chi connectivity index (χ2v) is 7.04. The van der Waals surface area contributed by atoms with Gasteiger partial charge in [0.05, 0.1) is 12.0 Å². The van der Waals surface area contributed by atoms with Gasteiger partial charge in [-0.3, -0.25) is 4.98 Å². The molecule has 1 aromatic carbocycles. The molecular formula is C24H21N7O. The SMILES string of the molecule is COCCNc1nc(-c2ccccn2)nc2c1c(-c1ccccc1)nn2-c1ccccn1. The maximum absolute atomic E-state index is 5.23. The van der Waals surface area contributed by atoms with Crippen LogP contribution in [0.15, 0.2) is 79.1 Å². The summed E-state index contributed by atoms with van der Waals surface area (Å²) >= 11 is 0. The van der Waals surface area contributed by atoms with E-state index in [4.69, 9.17) is 19.8 Å². The van der Waals surface area contributed by atoms with Crippen LogP contribution >= 0.6 is 0 Å². The molecule has 0 spiro atoms. The summed E-state index contributed by atoms with van der Waals surface area (Å²) in [6.07, 6.45) is 3.47. The van der Waals surface area contributed by atoms with Crippen LogP contribution in [-0.4, -0.2) is 50.0 Å². The standard InChI is InChI=1S/C24H21N7O/c1-32-16-15-27-23-20-21(17-9-3-2-4-10-17)30-31(19-12-6-8-14-26-19)24(20)29-22(28-23)18-11-5-7-13-25-18/h2-14H,15-16H2,1H3,(H,27,28,29). The summed E-state index contributed by atoms with van der Waals surface area (Å²) in [6.45, 7) is 1.13. The van der Waals surface area contributed by atoms with E-state index in [0.717, 1.165) is 16.6 Å². The molecule has 0 aliphatic carbocycles. The van der Waals surface area contributed by atoms with Crippen molar-refractivity contribution in [2.75, 3.05) is 25.6 Å². The smallest absolute Gasteiger partial charge is 0.182 e. The second kappa shape index (κ2) is 8.91. The normalized spacial score (nSPS) is 11.0. The summed E-state index contributed by atoms with van der Waals surface area (Å²) in [6, 6.07) is 21.4. The van der Waals surface area contributed by atoms with Crippen molar-refractivity contribution in [1.29, 1.82) is 0 Å². The molecule has 0 saturated carbocycles. The number of hydrogen-bond donors (Lipinski definition) is 1. The first kappa shape index (κ1) is 19.8. The van der Waals surface area contributed by atoms with Crippen molar-refractivity contribution in [2.45, 2.75) is 0 Å². The lowest BCUT2D eigenvalue weighted by atomic mass is 10.1. The van der Waals surface area contributed by atoms with Crippen LogP contribution < -0.4 is 5.32 Å². The van der Waals surface area contributed by atoms with Crippen LogP contribution in [0.25, 0.3) is 39.6 Å². The van der Waals surface area contributed by atoms with Crippen molar-refractivity contribution in [2.24, 2.45) is 0 Å². The van der Waals surface area contributed by atoms with Gasteiger partial charge in [0.1, 0.15) is 17.2 Å². The largest absolute Gasteiger partial charge is 0.383 e. The monoisotopic (exact) mass is 423 g/mol. The van der Waals surface area contributed by atoms with Gasteiger partial charge in [-0.2, -0.15) is 9.78 Å². The van der Waals surface area contributed by atoms with Crippen molar-refractivity contribution in [3.8, 4) is 28.6 Å². The van der Waals surface area contributed by atoms with Crippen LogP contribution in [0.2, 0.25) is 0 Å². The summed E-state index contributed by atoms with van der Waals surface area (Å²) in [5.41, 5.74) is 3.08. The third kappa shape index (κ3) is 3.79. The van der Waals surface area contributed by atoms with Crippen LogP contribution in [0.1, 0.15) is 0 Å². The Kier molecular flexibility index (Phi) is 5.50. The summed E-state index contributed by atoms with van der Waals surface area (Å²) < 4.78 is 6.99. The average Bonchev–Trinajstić information content (AvgIpc) is 3.26. The van der Waals surface area contributed by atoms with Gasteiger partial charge in [0, 0.05) is 31.6 Å². The third-order valence-corrected chi connectivity index (χ3v) is 4.93. The Morgan fingerprint density at radius 1 is 0.875 bits per heavy atom. The van der Waals surface area contributed by atoms with Gasteiger partial charge in [-0.25, -0.2) is 15.0 Å². The van der Waals surface area contributed by atoms with Gasteiger partial charge in [0.2, 0.25) is 0 Å². The Bertz CT molecular complexity index is 1320. The molecule has 5 aromatic rings. The summed E-state index contributed by atoms with van der Waals surface area (Å²) in [4.78, 5) is 18.6. The highest BCUT2D eigenvalue weighted by molar-refractivity contribution is 6.00. The van der Waals surface area contributed by atoms with E-state index < -0.39 is 0 Å². The molecule has 4 heterocycles. The van der Waals surface area contributed by atoms with E-state index in [2.05, 4.69) is 15.3 Å². The second-order valence-electron chi connectivity index (χ2n) is 7.04. The van der Waals surface area contributed by atoms with E-state index in [1.54, 1.807) is 24.2 Å². The number of nitrogens with zero attached hydrogens (tertiary/aromatic N) is 6. The molecule has 0 fully saturated rings. The summed E-state index contributed by atoms with van der Waals surface area (Å²) in [5.74, 6) is 1.86. The van der Waals surface area contributed by atoms with Crippen molar-refractivity contribution >= 4 is 16.9 Å². The fourth-order valence-corrected chi connectivity index (χ4v) is 3.46. The van der Waals surface area contributed by atoms with Crippen LogP contribution in [-0.2, 0) is 4.74 Å². The third-order valence-electron chi connectivity index (χ3n) is 4.93. The van der Waals surface area contributed by atoms with E-state index in [9.17, 15) is 0 Å². The van der Waals surface area contributed by atoms with Crippen LogP contribution in [0, 0.1) is 0 Å². The van der Waals surface area contributed by atoms with E-state index in [-0.39, 0.29) is 0 Å². The van der Waals surface area contributed by atoms with Gasteiger partial charge >= 0.3 is 0 Å². The minimum atomic E-state index is 0.509. The number of ether oxygens (including phenoxy) is 1. The van der Waals surface area contributed by atoms with Crippen molar-refractivity contribution < 1.29 is 4.74 Å². The molecule has 8 heteroatoms. The zero-order valence-electron chi connectivity index (χ0n) is 17.5. The fourth-order valence-electron chi connectivity index (χ4n) is 3.46. The molecule has 0 amide bonds. The topological polar surface area (TPSA) is 90.6 Å². The predicted molar refractivity (Wildman–Crippen MR) is 123 cm³/mol. The molecule has 32 heavy (non-hydrogen) atoms. The molecule has 1 N–H and O–H groups in total. The maximum atomic E-state index is 5.23. The Balaban J connectivity index is 1.80. The Morgan fingerprint density at radius 3 is 2.38 bits per heavy atom. The fraction of sp³-hybridized carbons (Fsp3) is 0.125. The van der Waals surface area contributed by atoms with E-state index >= 15 is 0 Å². The van der Waals surface area contributed by atoms with Gasteiger partial charge in [0.25, 0.3) is 0 Å².